The quantitative estimate of drug-likeness (QED) is 0.232. The number of carbonyl (C=O) groups is 6. The summed E-state index contributed by atoms with van der Waals surface area (Å²) in [5.41, 5.74) is 0. The third-order valence-electron chi connectivity index (χ3n) is 1.07. The van der Waals surface area contributed by atoms with E-state index in [2.05, 4.69) is 0 Å². The van der Waals surface area contributed by atoms with Gasteiger partial charge in [-0.2, -0.15) is 0 Å². The van der Waals surface area contributed by atoms with Gasteiger partial charge in [-0.1, -0.05) is 0 Å². The zero-order valence-corrected chi connectivity index (χ0v) is 16.8. The van der Waals surface area contributed by atoms with Crippen LogP contribution in [0.15, 0.2) is 36.5 Å². The third kappa shape index (κ3) is 58.0. The topological polar surface area (TPSA) is 241 Å². The van der Waals surface area contributed by atoms with Gasteiger partial charge in [0.15, 0.2) is 0 Å². The molecule has 0 rings (SSSR count). The Labute approximate surface area is 171 Å². The normalized spacial score (nSPS) is 8.77. The Hall–Kier alpha value is -2.66. The molecular formula is C12H6Ir2O12. The van der Waals surface area contributed by atoms with Crippen LogP contribution in [0.4, 0.5) is 0 Å². The monoisotopic (exact) mass is 728 g/mol. The molecule has 26 heavy (non-hydrogen) atoms. The van der Waals surface area contributed by atoms with Crippen molar-refractivity contribution in [3.8, 4) is 0 Å². The number of aliphatic carboxylic acids is 6. The summed E-state index contributed by atoms with van der Waals surface area (Å²) < 4.78 is 0. The van der Waals surface area contributed by atoms with E-state index in [0.29, 0.717) is 36.5 Å². The van der Waals surface area contributed by atoms with Crippen molar-refractivity contribution in [3.05, 3.63) is 36.5 Å². The van der Waals surface area contributed by atoms with Gasteiger partial charge in [-0.3, -0.25) is 0 Å². The SMILES string of the molecule is O=C([O-])C=CC(=O)[O-].O=C([O-])C=CC(=O)[O-].O=C([O-])C=CC(=O)[O-].[Ir+3].[Ir+3]. The molecule has 0 aliphatic rings. The number of carboxylic acid groups (broad SMARTS) is 6. The Kier molecular flexibility index (Phi) is 29.8. The van der Waals surface area contributed by atoms with Crippen LogP contribution < -0.4 is 30.6 Å². The molecule has 0 N–H and O–H groups in total. The molecule has 12 nitrogen and oxygen atoms in total. The molecule has 0 aromatic heterocycles. The van der Waals surface area contributed by atoms with Gasteiger partial charge in [0.25, 0.3) is 0 Å². The van der Waals surface area contributed by atoms with Gasteiger partial charge in [-0.15, -0.1) is 0 Å². The molecule has 0 saturated carbocycles. The second-order valence-corrected chi connectivity index (χ2v) is 2.91. The second-order valence-electron chi connectivity index (χ2n) is 2.91. The summed E-state index contributed by atoms with van der Waals surface area (Å²) in [5.74, 6) is -9.28. The van der Waals surface area contributed by atoms with Gasteiger partial charge in [0.05, 0.1) is 35.8 Å². The van der Waals surface area contributed by atoms with Gasteiger partial charge >= 0.3 is 40.2 Å². The van der Waals surface area contributed by atoms with Crippen LogP contribution in [0.3, 0.4) is 0 Å². The molecule has 0 radical (unpaired) electrons. The van der Waals surface area contributed by atoms with Gasteiger partial charge in [0.1, 0.15) is 0 Å². The molecule has 0 fully saturated rings. The van der Waals surface area contributed by atoms with Gasteiger partial charge in [0, 0.05) is 0 Å². The van der Waals surface area contributed by atoms with Crippen LogP contribution in [0.25, 0.3) is 0 Å². The van der Waals surface area contributed by atoms with Crippen molar-refractivity contribution in [3.63, 3.8) is 0 Å². The Balaban J connectivity index is -0.0000000817. The summed E-state index contributed by atoms with van der Waals surface area (Å²) in [6.07, 6.45) is 2.31. The first kappa shape index (κ1) is 34.6. The summed E-state index contributed by atoms with van der Waals surface area (Å²) >= 11 is 0. The molecule has 0 heterocycles. The van der Waals surface area contributed by atoms with Gasteiger partial charge in [0.2, 0.25) is 0 Å². The van der Waals surface area contributed by atoms with E-state index in [4.69, 9.17) is 0 Å². The predicted molar refractivity (Wildman–Crippen MR) is 57.5 cm³/mol. The molecule has 14 heteroatoms. The first-order valence-electron chi connectivity index (χ1n) is 5.18. The number of hydrogen-bond donors (Lipinski definition) is 0. The van der Waals surface area contributed by atoms with Crippen molar-refractivity contribution in [1.29, 1.82) is 0 Å². The fourth-order valence-electron chi connectivity index (χ4n) is 0.408. The zero-order chi connectivity index (χ0) is 19.7. The van der Waals surface area contributed by atoms with E-state index >= 15 is 0 Å². The molecule has 0 atom stereocenters. The molecular weight excluding hydrogens is 721 g/mol. The van der Waals surface area contributed by atoms with Crippen molar-refractivity contribution in [1.82, 2.24) is 0 Å². The molecule has 0 spiro atoms. The van der Waals surface area contributed by atoms with Crippen molar-refractivity contribution < 1.29 is 99.6 Å². The van der Waals surface area contributed by atoms with Crippen LogP contribution in [0.2, 0.25) is 0 Å². The summed E-state index contributed by atoms with van der Waals surface area (Å²) in [5, 5.41) is 56.5. The Morgan fingerprint density at radius 2 is 0.423 bits per heavy atom. The Bertz CT molecular complexity index is 448. The smallest absolute Gasteiger partial charge is 0.545 e. The average molecular weight is 727 g/mol. The molecule has 0 aromatic carbocycles. The van der Waals surface area contributed by atoms with E-state index in [9.17, 15) is 59.4 Å². The minimum absolute atomic E-state index is 0. The van der Waals surface area contributed by atoms with Crippen molar-refractivity contribution >= 4 is 35.8 Å². The first-order valence-corrected chi connectivity index (χ1v) is 5.18. The van der Waals surface area contributed by atoms with E-state index in [1.807, 2.05) is 0 Å². The van der Waals surface area contributed by atoms with Crippen LogP contribution in [-0.4, -0.2) is 35.8 Å². The van der Waals surface area contributed by atoms with Crippen molar-refractivity contribution in [2.24, 2.45) is 0 Å². The number of hydrogen-bond acceptors (Lipinski definition) is 12. The number of carbonyl (C=O) groups excluding carboxylic acids is 6. The van der Waals surface area contributed by atoms with Crippen molar-refractivity contribution in [2.75, 3.05) is 0 Å². The standard InChI is InChI=1S/3C4H4O4.2Ir/c3*5-3(6)1-2-4(7)8;;/h3*1-2H,(H,5,6)(H,7,8);;/q;;;2*+3/p-6. The predicted octanol–water partition coefficient (Wildman–Crippen LogP) is -8.88. The van der Waals surface area contributed by atoms with Crippen LogP contribution in [0, 0.1) is 0 Å². The maximum atomic E-state index is 9.41. The van der Waals surface area contributed by atoms with Crippen LogP contribution >= 0.6 is 0 Å². The van der Waals surface area contributed by atoms with E-state index in [1.54, 1.807) is 0 Å². The summed E-state index contributed by atoms with van der Waals surface area (Å²) in [6, 6.07) is 0. The molecule has 144 valence electrons. The van der Waals surface area contributed by atoms with Crippen molar-refractivity contribution in [2.45, 2.75) is 0 Å². The van der Waals surface area contributed by atoms with Crippen LogP contribution in [0.5, 0.6) is 0 Å². The number of carboxylic acids is 6. The Morgan fingerprint density at radius 3 is 0.462 bits per heavy atom. The maximum absolute atomic E-state index is 9.41. The van der Waals surface area contributed by atoms with Gasteiger partial charge in [-0.25, -0.2) is 0 Å². The third-order valence-corrected chi connectivity index (χ3v) is 1.07. The maximum Gasteiger partial charge on any atom is 3.00 e. The van der Waals surface area contributed by atoms with E-state index in [0.717, 1.165) is 0 Å². The zero-order valence-electron chi connectivity index (χ0n) is 12.0. The van der Waals surface area contributed by atoms with Gasteiger partial charge < -0.3 is 59.4 Å². The minimum atomic E-state index is -1.55. The van der Waals surface area contributed by atoms with Gasteiger partial charge in [-0.05, 0) is 36.5 Å². The molecule has 0 aliphatic heterocycles. The fraction of sp³-hybridized carbons (Fsp3) is 0. The van der Waals surface area contributed by atoms with Crippen LogP contribution in [0.1, 0.15) is 0 Å². The molecule has 0 aliphatic carbocycles. The number of rotatable bonds is 6. The van der Waals surface area contributed by atoms with E-state index in [1.165, 1.54) is 0 Å². The molecule has 0 amide bonds. The molecule has 0 bridgehead atoms. The van der Waals surface area contributed by atoms with E-state index < -0.39 is 35.8 Å². The second kappa shape index (κ2) is 22.3. The van der Waals surface area contributed by atoms with Crippen LogP contribution in [-0.2, 0) is 69.0 Å². The minimum Gasteiger partial charge on any atom is -0.545 e. The summed E-state index contributed by atoms with van der Waals surface area (Å²) in [4.78, 5) is 56.5. The largest absolute Gasteiger partial charge is 3.00 e. The van der Waals surface area contributed by atoms with E-state index in [-0.39, 0.29) is 40.2 Å². The summed E-state index contributed by atoms with van der Waals surface area (Å²) in [6.45, 7) is 0. The first-order chi connectivity index (χ1) is 10.9. The molecule has 0 unspecified atom stereocenters. The summed E-state index contributed by atoms with van der Waals surface area (Å²) in [7, 11) is 0. The molecule has 0 aromatic rings. The Morgan fingerprint density at radius 1 is 0.346 bits per heavy atom. The fourth-order valence-corrected chi connectivity index (χ4v) is 0.408. The average Bonchev–Trinajstić information content (AvgIpc) is 2.42. The molecule has 0 saturated heterocycles.